The Morgan fingerprint density at radius 3 is 2.48 bits per heavy atom. The van der Waals surface area contributed by atoms with Gasteiger partial charge in [-0.1, -0.05) is 19.8 Å². The van der Waals surface area contributed by atoms with Gasteiger partial charge in [0.05, 0.1) is 23.3 Å². The zero-order valence-electron chi connectivity index (χ0n) is 11.6. The number of benzene rings is 1. The van der Waals surface area contributed by atoms with E-state index in [1.807, 2.05) is 6.92 Å². The quantitative estimate of drug-likeness (QED) is 0.306. The minimum atomic E-state index is -1.38. The topological polar surface area (TPSA) is 113 Å². The number of nitrogens with one attached hydrogen (secondary N) is 1. The average Bonchev–Trinajstić information content (AvgIpc) is 2.49. The Morgan fingerprint density at radius 1 is 1.19 bits per heavy atom. The number of aromatic carboxylic acids is 1. The summed E-state index contributed by atoms with van der Waals surface area (Å²) in [5, 5.41) is 17.6. The van der Waals surface area contributed by atoms with Gasteiger partial charge in [0, 0.05) is 0 Å². The van der Waals surface area contributed by atoms with Crippen LogP contribution in [0.5, 0.6) is 0 Å². The normalized spacial score (nSPS) is 10.0. The van der Waals surface area contributed by atoms with Gasteiger partial charge < -0.3 is 9.84 Å². The van der Waals surface area contributed by atoms with Crippen LogP contribution in [0.15, 0.2) is 18.2 Å². The van der Waals surface area contributed by atoms with Crippen molar-refractivity contribution in [2.45, 2.75) is 26.2 Å². The van der Waals surface area contributed by atoms with Gasteiger partial charge in [-0.3, -0.25) is 10.0 Å². The largest absolute Gasteiger partial charge is 0.478 e. The number of hydrogen-bond donors (Lipinski definition) is 3. The van der Waals surface area contributed by atoms with Gasteiger partial charge in [-0.25, -0.2) is 15.1 Å². The molecule has 114 valence electrons. The van der Waals surface area contributed by atoms with E-state index >= 15 is 0 Å². The predicted molar refractivity (Wildman–Crippen MR) is 72.5 cm³/mol. The van der Waals surface area contributed by atoms with Crippen LogP contribution in [0.25, 0.3) is 0 Å². The maximum Gasteiger partial charge on any atom is 0.338 e. The van der Waals surface area contributed by atoms with E-state index < -0.39 is 17.8 Å². The Balaban J connectivity index is 2.90. The first kappa shape index (κ1) is 16.6. The molecule has 0 aliphatic heterocycles. The smallest absolute Gasteiger partial charge is 0.338 e. The molecule has 0 atom stereocenters. The van der Waals surface area contributed by atoms with Crippen LogP contribution >= 0.6 is 0 Å². The van der Waals surface area contributed by atoms with Gasteiger partial charge in [-0.05, 0) is 24.6 Å². The fraction of sp³-hybridized carbons (Fsp3) is 0.357. The second-order valence-corrected chi connectivity index (χ2v) is 4.35. The number of amides is 1. The van der Waals surface area contributed by atoms with E-state index in [2.05, 4.69) is 0 Å². The first-order chi connectivity index (χ1) is 10.0. The summed E-state index contributed by atoms with van der Waals surface area (Å²) in [6, 6.07) is 3.48. The number of ether oxygens (including phenoxy) is 1. The van der Waals surface area contributed by atoms with E-state index in [4.69, 9.17) is 15.1 Å². The number of rotatable bonds is 7. The van der Waals surface area contributed by atoms with Gasteiger partial charge >= 0.3 is 11.9 Å². The summed E-state index contributed by atoms with van der Waals surface area (Å²) in [5.74, 6) is -2.99. The minimum Gasteiger partial charge on any atom is -0.478 e. The van der Waals surface area contributed by atoms with Crippen LogP contribution in [0.2, 0.25) is 0 Å². The van der Waals surface area contributed by atoms with E-state index in [9.17, 15) is 14.4 Å². The third-order valence-electron chi connectivity index (χ3n) is 2.81. The molecule has 7 nitrogen and oxygen atoms in total. The standard InChI is InChI=1S/C14H17NO6/c1-2-3-4-7-21-14(19)9-5-6-10(12(16)15-20)11(8-9)13(17)18/h5-6,8,20H,2-4,7H2,1H3,(H,15,16)(H,17,18). The van der Waals surface area contributed by atoms with E-state index in [0.29, 0.717) is 0 Å². The van der Waals surface area contributed by atoms with Crippen molar-refractivity contribution in [2.75, 3.05) is 6.61 Å². The molecule has 0 saturated carbocycles. The lowest BCUT2D eigenvalue weighted by Gasteiger charge is -2.08. The number of esters is 1. The molecular weight excluding hydrogens is 278 g/mol. The summed E-state index contributed by atoms with van der Waals surface area (Å²) in [6.45, 7) is 2.28. The van der Waals surface area contributed by atoms with Crippen molar-refractivity contribution < 1.29 is 29.4 Å². The van der Waals surface area contributed by atoms with Gasteiger partial charge in [0.25, 0.3) is 5.91 Å². The molecule has 0 aromatic heterocycles. The molecule has 0 unspecified atom stereocenters. The molecule has 0 aliphatic rings. The van der Waals surface area contributed by atoms with Crippen molar-refractivity contribution in [1.29, 1.82) is 0 Å². The minimum absolute atomic E-state index is 0.0402. The number of unbranched alkanes of at least 4 members (excludes halogenated alkanes) is 2. The van der Waals surface area contributed by atoms with Crippen molar-refractivity contribution in [1.82, 2.24) is 5.48 Å². The Labute approximate surface area is 121 Å². The monoisotopic (exact) mass is 295 g/mol. The first-order valence-corrected chi connectivity index (χ1v) is 6.50. The molecule has 0 saturated heterocycles. The number of carboxylic acid groups (broad SMARTS) is 1. The highest BCUT2D eigenvalue weighted by Gasteiger charge is 2.19. The van der Waals surface area contributed by atoms with Gasteiger partial charge in [-0.15, -0.1) is 0 Å². The molecule has 3 N–H and O–H groups in total. The van der Waals surface area contributed by atoms with Crippen molar-refractivity contribution in [3.63, 3.8) is 0 Å². The Bertz CT molecular complexity index is 540. The van der Waals surface area contributed by atoms with Gasteiger partial charge in [0.2, 0.25) is 0 Å². The highest BCUT2D eigenvalue weighted by molar-refractivity contribution is 6.06. The fourth-order valence-electron chi connectivity index (χ4n) is 1.71. The van der Waals surface area contributed by atoms with E-state index in [0.717, 1.165) is 31.4 Å². The Kier molecular flexibility index (Phi) is 6.35. The maximum absolute atomic E-state index is 11.8. The fourth-order valence-corrected chi connectivity index (χ4v) is 1.71. The van der Waals surface area contributed by atoms with Crippen LogP contribution in [-0.4, -0.2) is 34.8 Å². The first-order valence-electron chi connectivity index (χ1n) is 6.50. The lowest BCUT2D eigenvalue weighted by Crippen LogP contribution is -2.22. The van der Waals surface area contributed by atoms with Gasteiger partial charge in [-0.2, -0.15) is 0 Å². The van der Waals surface area contributed by atoms with E-state index in [1.54, 1.807) is 0 Å². The van der Waals surface area contributed by atoms with Crippen LogP contribution < -0.4 is 5.48 Å². The number of carbonyl (C=O) groups excluding carboxylic acids is 2. The number of hydrogen-bond acceptors (Lipinski definition) is 5. The summed E-state index contributed by atoms with van der Waals surface area (Å²) in [7, 11) is 0. The van der Waals surface area contributed by atoms with Gasteiger partial charge in [0.1, 0.15) is 0 Å². The molecular formula is C14H17NO6. The summed E-state index contributed by atoms with van der Waals surface area (Å²) < 4.78 is 5.01. The lowest BCUT2D eigenvalue weighted by atomic mass is 10.0. The molecule has 7 heteroatoms. The Hall–Kier alpha value is -2.41. The van der Waals surface area contributed by atoms with Gasteiger partial charge in [0.15, 0.2) is 0 Å². The average molecular weight is 295 g/mol. The van der Waals surface area contributed by atoms with Crippen LogP contribution in [-0.2, 0) is 4.74 Å². The van der Waals surface area contributed by atoms with Crippen molar-refractivity contribution in [3.8, 4) is 0 Å². The Morgan fingerprint density at radius 2 is 1.90 bits per heavy atom. The molecule has 1 rings (SSSR count). The molecule has 1 aromatic carbocycles. The van der Waals surface area contributed by atoms with Crippen molar-refractivity contribution in [3.05, 3.63) is 34.9 Å². The van der Waals surface area contributed by atoms with Crippen molar-refractivity contribution >= 4 is 17.8 Å². The van der Waals surface area contributed by atoms with Crippen LogP contribution in [0, 0.1) is 0 Å². The summed E-state index contributed by atoms with van der Waals surface area (Å²) >= 11 is 0. The van der Waals surface area contributed by atoms with Crippen molar-refractivity contribution in [2.24, 2.45) is 0 Å². The van der Waals surface area contributed by atoms with Crippen LogP contribution in [0.1, 0.15) is 57.3 Å². The van der Waals surface area contributed by atoms with E-state index in [1.165, 1.54) is 11.5 Å². The van der Waals surface area contributed by atoms with E-state index in [-0.39, 0.29) is 23.3 Å². The molecule has 0 radical (unpaired) electrons. The summed E-state index contributed by atoms with van der Waals surface area (Å²) in [6.07, 6.45) is 2.66. The molecule has 1 aromatic rings. The second kappa shape index (κ2) is 8.01. The molecule has 0 heterocycles. The highest BCUT2D eigenvalue weighted by Crippen LogP contribution is 2.14. The molecule has 0 aliphatic carbocycles. The summed E-state index contributed by atoms with van der Waals surface area (Å²) in [5.41, 5.74) is 0.768. The highest BCUT2D eigenvalue weighted by atomic mass is 16.5. The zero-order chi connectivity index (χ0) is 15.8. The summed E-state index contributed by atoms with van der Waals surface area (Å²) in [4.78, 5) is 34.2. The second-order valence-electron chi connectivity index (χ2n) is 4.35. The third-order valence-corrected chi connectivity index (χ3v) is 2.81. The predicted octanol–water partition coefficient (Wildman–Crippen LogP) is 1.85. The van der Waals surface area contributed by atoms with Crippen LogP contribution in [0.4, 0.5) is 0 Å². The molecule has 0 spiro atoms. The molecule has 0 fully saturated rings. The SMILES string of the molecule is CCCCCOC(=O)c1ccc(C(=O)NO)c(C(=O)O)c1. The number of carboxylic acids is 1. The molecule has 21 heavy (non-hydrogen) atoms. The van der Waals surface area contributed by atoms with Crippen LogP contribution in [0.3, 0.4) is 0 Å². The third kappa shape index (κ3) is 4.57. The number of carbonyl (C=O) groups is 3. The maximum atomic E-state index is 11.8. The molecule has 0 bridgehead atoms. The zero-order valence-corrected chi connectivity index (χ0v) is 11.6. The number of hydroxylamine groups is 1. The lowest BCUT2D eigenvalue weighted by molar-refractivity contribution is 0.0497. The molecule has 1 amide bonds.